The summed E-state index contributed by atoms with van der Waals surface area (Å²) in [6.45, 7) is 3.46. The third-order valence-corrected chi connectivity index (χ3v) is 6.95. The van der Waals surface area contributed by atoms with Gasteiger partial charge in [0.25, 0.3) is 5.56 Å². The molecular formula is C18H20N2O3S. The second-order valence-electron chi connectivity index (χ2n) is 6.83. The zero-order valence-electron chi connectivity index (χ0n) is 13.6. The van der Waals surface area contributed by atoms with Gasteiger partial charge in [0.1, 0.15) is 0 Å². The lowest BCUT2D eigenvalue weighted by Gasteiger charge is -2.42. The Hall–Kier alpha value is -1.92. The summed E-state index contributed by atoms with van der Waals surface area (Å²) in [5, 5.41) is 0. The first kappa shape index (κ1) is 15.6. The molecule has 6 heteroatoms. The number of hydrogen-bond donors (Lipinski definition) is 0. The van der Waals surface area contributed by atoms with E-state index in [0.29, 0.717) is 24.5 Å². The van der Waals surface area contributed by atoms with Crippen LogP contribution in [0.25, 0.3) is 0 Å². The molecule has 1 fully saturated rings. The van der Waals surface area contributed by atoms with Crippen molar-refractivity contribution in [2.24, 2.45) is 5.92 Å². The van der Waals surface area contributed by atoms with Crippen molar-refractivity contribution in [3.05, 3.63) is 64.1 Å². The second kappa shape index (κ2) is 5.57. The maximum atomic E-state index is 13.0. The molecule has 2 atom stereocenters. The molecule has 24 heavy (non-hydrogen) atoms. The van der Waals surface area contributed by atoms with Crippen LogP contribution in [0.1, 0.15) is 23.6 Å². The minimum atomic E-state index is -3.49. The van der Waals surface area contributed by atoms with Crippen LogP contribution in [0.2, 0.25) is 0 Å². The van der Waals surface area contributed by atoms with Crippen LogP contribution >= 0.6 is 0 Å². The first-order valence-electron chi connectivity index (χ1n) is 8.22. The largest absolute Gasteiger partial charge is 0.312 e. The van der Waals surface area contributed by atoms with Crippen LogP contribution in [-0.2, 0) is 16.6 Å². The summed E-state index contributed by atoms with van der Waals surface area (Å²) in [7, 11) is -3.49. The molecule has 2 aromatic rings. The molecule has 0 saturated carbocycles. The molecule has 3 heterocycles. The normalized spacial score (nSPS) is 23.7. The topological polar surface area (TPSA) is 59.4 Å². The van der Waals surface area contributed by atoms with Crippen LogP contribution in [0.3, 0.4) is 0 Å². The third-order valence-electron chi connectivity index (χ3n) is 5.11. The van der Waals surface area contributed by atoms with Crippen LogP contribution in [0, 0.1) is 12.8 Å². The van der Waals surface area contributed by atoms with Crippen molar-refractivity contribution in [1.82, 2.24) is 8.87 Å². The van der Waals surface area contributed by atoms with Crippen molar-refractivity contribution < 1.29 is 8.42 Å². The molecule has 0 N–H and O–H groups in total. The molecule has 0 aliphatic carbocycles. The summed E-state index contributed by atoms with van der Waals surface area (Å²) in [4.78, 5) is 12.4. The zero-order valence-corrected chi connectivity index (χ0v) is 14.4. The van der Waals surface area contributed by atoms with E-state index in [0.717, 1.165) is 17.7 Å². The summed E-state index contributed by atoms with van der Waals surface area (Å²) in [5.74, 6) is 0.281. The molecule has 0 radical (unpaired) electrons. The molecule has 2 aliphatic rings. The number of piperidine rings is 1. The Morgan fingerprint density at radius 2 is 1.75 bits per heavy atom. The molecule has 2 bridgehead atoms. The molecule has 0 unspecified atom stereocenters. The highest BCUT2D eigenvalue weighted by molar-refractivity contribution is 7.89. The Kier molecular flexibility index (Phi) is 3.62. The van der Waals surface area contributed by atoms with Gasteiger partial charge in [0, 0.05) is 37.3 Å². The van der Waals surface area contributed by atoms with Crippen LogP contribution in [0.15, 0.2) is 52.2 Å². The number of pyridine rings is 1. The van der Waals surface area contributed by atoms with Crippen LogP contribution in [0.5, 0.6) is 0 Å². The van der Waals surface area contributed by atoms with Gasteiger partial charge in [-0.15, -0.1) is 0 Å². The number of sulfonamides is 1. The van der Waals surface area contributed by atoms with Crippen molar-refractivity contribution >= 4 is 10.0 Å². The molecule has 1 aromatic carbocycles. The van der Waals surface area contributed by atoms with Gasteiger partial charge in [-0.1, -0.05) is 23.8 Å². The number of nitrogens with zero attached hydrogens (tertiary/aromatic N) is 2. The van der Waals surface area contributed by atoms with Crippen LogP contribution in [-0.4, -0.2) is 30.4 Å². The SMILES string of the molecule is Cc1ccc(S(=O)(=O)N2C[C@@H]3C[C@@H](C2)c2cccc(=O)n2C3)cc1. The molecule has 4 rings (SSSR count). The number of rotatable bonds is 2. The quantitative estimate of drug-likeness (QED) is 0.837. The number of fused-ring (bicyclic) bond motifs is 4. The Balaban J connectivity index is 1.69. The Labute approximate surface area is 141 Å². The summed E-state index contributed by atoms with van der Waals surface area (Å²) in [6, 6.07) is 12.3. The van der Waals surface area contributed by atoms with Crippen molar-refractivity contribution in [2.45, 2.75) is 30.7 Å². The fourth-order valence-corrected chi connectivity index (χ4v) is 5.47. The first-order valence-corrected chi connectivity index (χ1v) is 9.66. The molecule has 0 spiro atoms. The van der Waals surface area contributed by atoms with Crippen LogP contribution in [0.4, 0.5) is 0 Å². The van der Waals surface area contributed by atoms with E-state index in [1.54, 1.807) is 28.6 Å². The van der Waals surface area contributed by atoms with E-state index < -0.39 is 10.0 Å². The first-order chi connectivity index (χ1) is 11.4. The average Bonchev–Trinajstić information content (AvgIpc) is 2.56. The maximum Gasteiger partial charge on any atom is 0.250 e. The molecule has 1 saturated heterocycles. The van der Waals surface area contributed by atoms with E-state index in [2.05, 4.69) is 0 Å². The highest BCUT2D eigenvalue weighted by Gasteiger charge is 2.39. The predicted octanol–water partition coefficient (Wildman–Crippen LogP) is 1.96. The van der Waals surface area contributed by atoms with Gasteiger partial charge in [0.2, 0.25) is 10.0 Å². The zero-order chi connectivity index (χ0) is 16.9. The summed E-state index contributed by atoms with van der Waals surface area (Å²) >= 11 is 0. The van der Waals surface area contributed by atoms with Gasteiger partial charge in [-0.25, -0.2) is 8.42 Å². The summed E-state index contributed by atoms with van der Waals surface area (Å²) < 4.78 is 29.3. The van der Waals surface area contributed by atoms with E-state index in [4.69, 9.17) is 0 Å². The smallest absolute Gasteiger partial charge is 0.250 e. The van der Waals surface area contributed by atoms with Gasteiger partial charge < -0.3 is 4.57 Å². The van der Waals surface area contributed by atoms with Gasteiger partial charge in [-0.05, 0) is 37.5 Å². The number of benzene rings is 1. The summed E-state index contributed by atoms with van der Waals surface area (Å²) in [5.41, 5.74) is 2.01. The fourth-order valence-electron chi connectivity index (χ4n) is 3.91. The van der Waals surface area contributed by atoms with Crippen molar-refractivity contribution in [3.63, 3.8) is 0 Å². The highest BCUT2D eigenvalue weighted by atomic mass is 32.2. The lowest BCUT2D eigenvalue weighted by molar-refractivity contribution is 0.186. The van der Waals surface area contributed by atoms with E-state index in [9.17, 15) is 13.2 Å². The number of aryl methyl sites for hydroxylation is 1. The highest BCUT2D eigenvalue weighted by Crippen LogP contribution is 2.37. The maximum absolute atomic E-state index is 13.0. The second-order valence-corrected chi connectivity index (χ2v) is 8.77. The third kappa shape index (κ3) is 2.50. The lowest BCUT2D eigenvalue weighted by Crippen LogP contribution is -2.48. The van der Waals surface area contributed by atoms with E-state index in [1.807, 2.05) is 29.7 Å². The molecule has 5 nitrogen and oxygen atoms in total. The van der Waals surface area contributed by atoms with Gasteiger partial charge in [0.15, 0.2) is 0 Å². The number of aromatic nitrogens is 1. The predicted molar refractivity (Wildman–Crippen MR) is 91.5 cm³/mol. The fraction of sp³-hybridized carbons (Fsp3) is 0.389. The van der Waals surface area contributed by atoms with E-state index in [-0.39, 0.29) is 17.4 Å². The summed E-state index contributed by atoms with van der Waals surface area (Å²) in [6.07, 6.45) is 0.948. The van der Waals surface area contributed by atoms with Gasteiger partial charge in [-0.2, -0.15) is 4.31 Å². The van der Waals surface area contributed by atoms with Gasteiger partial charge in [0.05, 0.1) is 4.90 Å². The van der Waals surface area contributed by atoms with Gasteiger partial charge in [-0.3, -0.25) is 4.79 Å². The standard InChI is InChI=1S/C18H20N2O3S/c1-13-5-7-16(8-6-13)24(22,23)19-10-14-9-15(12-19)17-3-2-4-18(21)20(17)11-14/h2-8,14-15H,9-12H2,1H3/t14-,15-/m0/s1. The minimum Gasteiger partial charge on any atom is -0.312 e. The Morgan fingerprint density at radius 1 is 1.00 bits per heavy atom. The molecule has 2 aliphatic heterocycles. The average molecular weight is 344 g/mol. The molecular weight excluding hydrogens is 324 g/mol. The number of hydrogen-bond acceptors (Lipinski definition) is 3. The van der Waals surface area contributed by atoms with Crippen molar-refractivity contribution in [1.29, 1.82) is 0 Å². The molecule has 126 valence electrons. The van der Waals surface area contributed by atoms with E-state index >= 15 is 0 Å². The van der Waals surface area contributed by atoms with Crippen molar-refractivity contribution in [3.8, 4) is 0 Å². The van der Waals surface area contributed by atoms with Crippen LogP contribution < -0.4 is 5.56 Å². The van der Waals surface area contributed by atoms with Gasteiger partial charge >= 0.3 is 0 Å². The van der Waals surface area contributed by atoms with E-state index in [1.165, 1.54) is 0 Å². The molecule has 0 amide bonds. The Bertz CT molecular complexity index is 931. The Morgan fingerprint density at radius 3 is 2.50 bits per heavy atom. The molecule has 1 aromatic heterocycles. The lowest BCUT2D eigenvalue weighted by atomic mass is 9.84. The monoisotopic (exact) mass is 344 g/mol. The minimum absolute atomic E-state index is 0.0111. The van der Waals surface area contributed by atoms with Crippen molar-refractivity contribution in [2.75, 3.05) is 13.1 Å².